The Hall–Kier alpha value is -2.73. The lowest BCUT2D eigenvalue weighted by atomic mass is 10.1. The summed E-state index contributed by atoms with van der Waals surface area (Å²) in [6.45, 7) is 2.89. The van der Waals surface area contributed by atoms with Gasteiger partial charge in [-0.2, -0.15) is 11.8 Å². The molecule has 0 radical (unpaired) electrons. The summed E-state index contributed by atoms with van der Waals surface area (Å²) in [7, 11) is 0. The number of thioether (sulfide) groups is 1. The molecular formula is C21H21N3O2S. The molecule has 138 valence electrons. The van der Waals surface area contributed by atoms with Crippen LogP contribution in [0, 0.1) is 0 Å². The van der Waals surface area contributed by atoms with Crippen LogP contribution in [0.25, 0.3) is 22.0 Å². The predicted octanol–water partition coefficient (Wildman–Crippen LogP) is 5.31. The number of nitrogens with zero attached hydrogens (tertiary/aromatic N) is 2. The van der Waals surface area contributed by atoms with E-state index in [1.165, 1.54) is 0 Å². The third-order valence-corrected chi connectivity index (χ3v) is 5.10. The first-order chi connectivity index (χ1) is 13.2. The molecule has 0 saturated heterocycles. The summed E-state index contributed by atoms with van der Waals surface area (Å²) in [5, 5.41) is 3.96. The Morgan fingerprint density at radius 3 is 2.78 bits per heavy atom. The van der Waals surface area contributed by atoms with Gasteiger partial charge in [-0.3, -0.25) is 10.1 Å². The summed E-state index contributed by atoms with van der Waals surface area (Å²) in [5.41, 5.74) is 3.54. The molecule has 0 bridgehead atoms. The molecule has 0 unspecified atom stereocenters. The quantitative estimate of drug-likeness (QED) is 0.493. The SMILES string of the molecule is CCCn1c(NC(=O)c2oc3ccccc3c2CSC)nc2ccccc21. The van der Waals surface area contributed by atoms with Crippen molar-refractivity contribution in [2.24, 2.45) is 0 Å². The van der Waals surface area contributed by atoms with E-state index in [2.05, 4.69) is 17.2 Å². The lowest BCUT2D eigenvalue weighted by Gasteiger charge is -2.08. The standard InChI is InChI=1S/C21H21N3O2S/c1-3-12-24-17-10-6-5-9-16(17)22-21(24)23-20(25)19-15(13-27-2)14-8-4-7-11-18(14)26-19/h4-11H,3,12-13H2,1-2H3,(H,22,23,25). The number of amides is 1. The minimum atomic E-state index is -0.261. The molecule has 0 aliphatic heterocycles. The smallest absolute Gasteiger partial charge is 0.294 e. The highest BCUT2D eigenvalue weighted by Crippen LogP contribution is 2.29. The number of rotatable bonds is 6. The van der Waals surface area contributed by atoms with E-state index in [-0.39, 0.29) is 5.91 Å². The van der Waals surface area contributed by atoms with E-state index < -0.39 is 0 Å². The molecule has 6 heteroatoms. The Bertz CT molecular complexity index is 1110. The fraction of sp³-hybridized carbons (Fsp3) is 0.238. The summed E-state index contributed by atoms with van der Waals surface area (Å²) in [6, 6.07) is 15.7. The highest BCUT2D eigenvalue weighted by molar-refractivity contribution is 7.97. The summed E-state index contributed by atoms with van der Waals surface area (Å²) in [4.78, 5) is 17.7. The Kier molecular flexibility index (Phi) is 4.90. The maximum atomic E-state index is 13.0. The van der Waals surface area contributed by atoms with Crippen molar-refractivity contribution in [3.05, 3.63) is 59.9 Å². The van der Waals surface area contributed by atoms with Crippen molar-refractivity contribution in [3.8, 4) is 0 Å². The van der Waals surface area contributed by atoms with Crippen LogP contribution in [-0.2, 0) is 12.3 Å². The first-order valence-corrected chi connectivity index (χ1v) is 10.4. The van der Waals surface area contributed by atoms with E-state index in [0.29, 0.717) is 17.5 Å². The fourth-order valence-electron chi connectivity index (χ4n) is 3.35. The number of anilines is 1. The van der Waals surface area contributed by atoms with Gasteiger partial charge < -0.3 is 8.98 Å². The van der Waals surface area contributed by atoms with E-state index in [1.54, 1.807) is 11.8 Å². The van der Waals surface area contributed by atoms with Crippen LogP contribution in [0.4, 0.5) is 5.95 Å². The molecule has 0 aliphatic rings. The minimum Gasteiger partial charge on any atom is -0.451 e. The second-order valence-electron chi connectivity index (χ2n) is 6.37. The summed E-state index contributed by atoms with van der Waals surface area (Å²) < 4.78 is 7.94. The highest BCUT2D eigenvalue weighted by atomic mass is 32.2. The lowest BCUT2D eigenvalue weighted by molar-refractivity contribution is 0.0996. The zero-order chi connectivity index (χ0) is 18.8. The Labute approximate surface area is 161 Å². The number of carbonyl (C=O) groups is 1. The molecule has 0 spiro atoms. The van der Waals surface area contributed by atoms with Gasteiger partial charge in [0.15, 0.2) is 5.76 Å². The van der Waals surface area contributed by atoms with Crippen LogP contribution >= 0.6 is 11.8 Å². The van der Waals surface area contributed by atoms with Gasteiger partial charge in [-0.25, -0.2) is 4.98 Å². The number of aromatic nitrogens is 2. The molecule has 0 aliphatic carbocycles. The number of hydrogen-bond donors (Lipinski definition) is 1. The molecule has 2 heterocycles. The van der Waals surface area contributed by atoms with E-state index in [4.69, 9.17) is 4.42 Å². The van der Waals surface area contributed by atoms with Gasteiger partial charge in [-0.15, -0.1) is 0 Å². The first kappa shape index (κ1) is 17.7. The third-order valence-electron chi connectivity index (χ3n) is 4.52. The second kappa shape index (κ2) is 7.48. The maximum absolute atomic E-state index is 13.0. The van der Waals surface area contributed by atoms with Crippen molar-refractivity contribution < 1.29 is 9.21 Å². The topological polar surface area (TPSA) is 60.1 Å². The van der Waals surface area contributed by atoms with Gasteiger partial charge in [0.1, 0.15) is 5.58 Å². The summed E-state index contributed by atoms with van der Waals surface area (Å²) in [6.07, 6.45) is 2.97. The molecule has 5 nitrogen and oxygen atoms in total. The van der Waals surface area contributed by atoms with E-state index in [0.717, 1.165) is 40.5 Å². The largest absolute Gasteiger partial charge is 0.451 e. The normalized spacial score (nSPS) is 11.3. The average molecular weight is 379 g/mol. The molecule has 1 N–H and O–H groups in total. The number of benzene rings is 2. The molecule has 4 aromatic rings. The van der Waals surface area contributed by atoms with Gasteiger partial charge in [0.05, 0.1) is 11.0 Å². The molecule has 2 aromatic carbocycles. The molecule has 0 fully saturated rings. The minimum absolute atomic E-state index is 0.261. The number of hydrogen-bond acceptors (Lipinski definition) is 4. The van der Waals surface area contributed by atoms with Gasteiger partial charge in [-0.1, -0.05) is 37.3 Å². The van der Waals surface area contributed by atoms with Gasteiger partial charge in [-0.05, 0) is 30.9 Å². The second-order valence-corrected chi connectivity index (χ2v) is 7.23. The van der Waals surface area contributed by atoms with Crippen molar-refractivity contribution in [3.63, 3.8) is 0 Å². The predicted molar refractivity (Wildman–Crippen MR) is 111 cm³/mol. The van der Waals surface area contributed by atoms with Crippen LogP contribution in [0.15, 0.2) is 52.9 Å². The molecular weight excluding hydrogens is 358 g/mol. The third kappa shape index (κ3) is 3.21. The maximum Gasteiger partial charge on any atom is 0.294 e. The van der Waals surface area contributed by atoms with Crippen molar-refractivity contribution in [2.75, 3.05) is 11.6 Å². The van der Waals surface area contributed by atoms with Crippen LogP contribution in [-0.4, -0.2) is 21.7 Å². The number of furan rings is 1. The number of para-hydroxylation sites is 3. The van der Waals surface area contributed by atoms with E-state index in [1.807, 2.05) is 59.4 Å². The zero-order valence-electron chi connectivity index (χ0n) is 15.4. The first-order valence-electron chi connectivity index (χ1n) is 8.99. The lowest BCUT2D eigenvalue weighted by Crippen LogP contribution is -2.16. The van der Waals surface area contributed by atoms with E-state index in [9.17, 15) is 4.79 Å². The number of nitrogens with one attached hydrogen (secondary N) is 1. The average Bonchev–Trinajstić information content (AvgIpc) is 3.22. The highest BCUT2D eigenvalue weighted by Gasteiger charge is 2.22. The number of imidazole rings is 1. The molecule has 27 heavy (non-hydrogen) atoms. The molecule has 0 atom stereocenters. The van der Waals surface area contributed by atoms with E-state index >= 15 is 0 Å². The van der Waals surface area contributed by atoms with Crippen molar-refractivity contribution in [2.45, 2.75) is 25.6 Å². The molecule has 2 aromatic heterocycles. The van der Waals surface area contributed by atoms with Crippen LogP contribution in [0.5, 0.6) is 0 Å². The fourth-order valence-corrected chi connectivity index (χ4v) is 3.92. The Morgan fingerprint density at radius 2 is 1.96 bits per heavy atom. The number of fused-ring (bicyclic) bond motifs is 2. The van der Waals surface area contributed by atoms with Crippen LogP contribution in [0.3, 0.4) is 0 Å². The molecule has 1 amide bonds. The van der Waals surface area contributed by atoms with Crippen LogP contribution < -0.4 is 5.32 Å². The van der Waals surface area contributed by atoms with Gasteiger partial charge >= 0.3 is 0 Å². The van der Waals surface area contributed by atoms with Crippen LogP contribution in [0.2, 0.25) is 0 Å². The summed E-state index contributed by atoms with van der Waals surface area (Å²) in [5.74, 6) is 1.37. The zero-order valence-corrected chi connectivity index (χ0v) is 16.2. The number of aryl methyl sites for hydroxylation is 1. The molecule has 4 rings (SSSR count). The Balaban J connectivity index is 1.75. The summed E-state index contributed by atoms with van der Waals surface area (Å²) >= 11 is 1.67. The van der Waals surface area contributed by atoms with Crippen molar-refractivity contribution in [1.82, 2.24) is 9.55 Å². The molecule has 0 saturated carbocycles. The van der Waals surface area contributed by atoms with Gasteiger partial charge in [0.2, 0.25) is 5.95 Å². The van der Waals surface area contributed by atoms with Crippen LogP contribution in [0.1, 0.15) is 29.5 Å². The monoisotopic (exact) mass is 379 g/mol. The van der Waals surface area contributed by atoms with Crippen molar-refractivity contribution >= 4 is 45.6 Å². The van der Waals surface area contributed by atoms with Gasteiger partial charge in [0, 0.05) is 23.2 Å². The Morgan fingerprint density at radius 1 is 1.19 bits per heavy atom. The van der Waals surface area contributed by atoms with Crippen molar-refractivity contribution in [1.29, 1.82) is 0 Å². The number of carbonyl (C=O) groups excluding carboxylic acids is 1. The van der Waals surface area contributed by atoms with Gasteiger partial charge in [0.25, 0.3) is 5.91 Å².